The van der Waals surface area contributed by atoms with Gasteiger partial charge in [-0.1, -0.05) is 35.9 Å². The van der Waals surface area contributed by atoms with Gasteiger partial charge in [0, 0.05) is 18.1 Å². The second kappa shape index (κ2) is 9.30. The molecule has 0 heterocycles. The molecule has 3 unspecified atom stereocenters. The molecule has 2 aromatic carbocycles. The molecule has 0 radical (unpaired) electrons. The fourth-order valence-corrected chi connectivity index (χ4v) is 3.59. The smallest absolute Gasteiger partial charge is 0.224 e. The van der Waals surface area contributed by atoms with Gasteiger partial charge in [0.1, 0.15) is 6.61 Å². The minimum absolute atomic E-state index is 0.0269. The maximum atomic E-state index is 12.7. The third-order valence-corrected chi connectivity index (χ3v) is 5.37. The lowest BCUT2D eigenvalue weighted by atomic mass is 10.1. The maximum absolute atomic E-state index is 12.7. The minimum atomic E-state index is -0.137. The van der Waals surface area contributed by atoms with E-state index in [1.807, 2.05) is 49.4 Å². The number of halogens is 1. The van der Waals surface area contributed by atoms with Gasteiger partial charge in [-0.3, -0.25) is 4.79 Å². The molecule has 150 valence electrons. The predicted octanol–water partition coefficient (Wildman–Crippen LogP) is 4.35. The molecule has 1 N–H and O–H groups in total. The van der Waals surface area contributed by atoms with E-state index in [-0.39, 0.29) is 23.8 Å². The van der Waals surface area contributed by atoms with Crippen molar-refractivity contribution in [1.82, 2.24) is 5.32 Å². The van der Waals surface area contributed by atoms with E-state index in [4.69, 9.17) is 25.8 Å². The summed E-state index contributed by atoms with van der Waals surface area (Å²) in [6.45, 7) is 2.92. The Kier molecular flexibility index (Phi) is 6.81. The van der Waals surface area contributed by atoms with Crippen LogP contribution in [-0.4, -0.2) is 33.3 Å². The zero-order chi connectivity index (χ0) is 20.1. The first-order valence-corrected chi connectivity index (χ1v) is 9.77. The van der Waals surface area contributed by atoms with E-state index < -0.39 is 0 Å². The van der Waals surface area contributed by atoms with Crippen LogP contribution in [0.15, 0.2) is 42.5 Å². The fourth-order valence-electron chi connectivity index (χ4n) is 3.32. The molecule has 1 fully saturated rings. The van der Waals surface area contributed by atoms with E-state index in [9.17, 15) is 4.79 Å². The number of nitrogens with one attached hydrogen (secondary N) is 1. The molecule has 3 atom stereocenters. The molecule has 1 aliphatic carbocycles. The Bertz CT molecular complexity index is 826. The molecule has 0 saturated heterocycles. The largest absolute Gasteiger partial charge is 0.493 e. The Hall–Kier alpha value is -2.24. The van der Waals surface area contributed by atoms with E-state index in [1.54, 1.807) is 14.2 Å². The van der Waals surface area contributed by atoms with Crippen LogP contribution in [0.25, 0.3) is 0 Å². The number of rotatable bonds is 9. The van der Waals surface area contributed by atoms with Crippen molar-refractivity contribution < 1.29 is 19.0 Å². The van der Waals surface area contributed by atoms with Crippen LogP contribution in [0.4, 0.5) is 0 Å². The lowest BCUT2D eigenvalue weighted by molar-refractivity contribution is -0.123. The van der Waals surface area contributed by atoms with Crippen molar-refractivity contribution >= 4 is 17.5 Å². The molecule has 0 aliphatic heterocycles. The summed E-state index contributed by atoms with van der Waals surface area (Å²) in [5.41, 5.74) is 2.01. The Morgan fingerprint density at radius 1 is 1.18 bits per heavy atom. The van der Waals surface area contributed by atoms with Crippen LogP contribution < -0.4 is 14.8 Å². The van der Waals surface area contributed by atoms with E-state index in [0.717, 1.165) is 22.6 Å². The van der Waals surface area contributed by atoms with E-state index in [0.29, 0.717) is 24.7 Å². The van der Waals surface area contributed by atoms with Gasteiger partial charge in [-0.2, -0.15) is 0 Å². The molecule has 0 bridgehead atoms. The molecule has 6 heteroatoms. The molecule has 1 amide bonds. The van der Waals surface area contributed by atoms with Crippen LogP contribution in [0.1, 0.15) is 36.4 Å². The predicted molar refractivity (Wildman–Crippen MR) is 109 cm³/mol. The first-order valence-electron chi connectivity index (χ1n) is 9.39. The van der Waals surface area contributed by atoms with Crippen molar-refractivity contribution in [2.75, 3.05) is 27.4 Å². The fraction of sp³-hybridized carbons (Fsp3) is 0.409. The van der Waals surface area contributed by atoms with Crippen molar-refractivity contribution in [1.29, 1.82) is 0 Å². The van der Waals surface area contributed by atoms with Crippen LogP contribution in [0.2, 0.25) is 5.02 Å². The number of hydrogen-bond acceptors (Lipinski definition) is 4. The van der Waals surface area contributed by atoms with Crippen molar-refractivity contribution in [3.8, 4) is 11.5 Å². The molecule has 1 aliphatic rings. The lowest BCUT2D eigenvalue weighted by Gasteiger charge is -2.17. The number of hydrogen-bond donors (Lipinski definition) is 1. The van der Waals surface area contributed by atoms with Crippen LogP contribution in [0, 0.1) is 5.92 Å². The highest BCUT2D eigenvalue weighted by molar-refractivity contribution is 6.31. The van der Waals surface area contributed by atoms with Gasteiger partial charge in [0.15, 0.2) is 11.5 Å². The van der Waals surface area contributed by atoms with Gasteiger partial charge in [-0.05, 0) is 48.6 Å². The molecule has 2 aromatic rings. The van der Waals surface area contributed by atoms with Crippen LogP contribution in [0.5, 0.6) is 11.5 Å². The normalized spacial score (nSPS) is 19.0. The Morgan fingerprint density at radius 2 is 1.96 bits per heavy atom. The molecule has 28 heavy (non-hydrogen) atoms. The Morgan fingerprint density at radius 3 is 2.68 bits per heavy atom. The van der Waals surface area contributed by atoms with Crippen molar-refractivity contribution in [2.24, 2.45) is 5.92 Å². The zero-order valence-corrected chi connectivity index (χ0v) is 17.2. The van der Waals surface area contributed by atoms with Gasteiger partial charge < -0.3 is 19.5 Å². The summed E-state index contributed by atoms with van der Waals surface area (Å²) >= 11 is 6.26. The van der Waals surface area contributed by atoms with Crippen LogP contribution in [-0.2, 0) is 9.53 Å². The maximum Gasteiger partial charge on any atom is 0.224 e. The SMILES string of the molecule is COCCOc1ccc(C(C)NC(=O)C2CC2c2ccccc2Cl)cc1OC. The highest BCUT2D eigenvalue weighted by Crippen LogP contribution is 2.49. The number of amides is 1. The first kappa shape index (κ1) is 20.5. The van der Waals surface area contributed by atoms with Gasteiger partial charge in [0.2, 0.25) is 5.91 Å². The topological polar surface area (TPSA) is 56.8 Å². The summed E-state index contributed by atoms with van der Waals surface area (Å²) in [7, 11) is 3.23. The monoisotopic (exact) mass is 403 g/mol. The Balaban J connectivity index is 1.61. The van der Waals surface area contributed by atoms with Gasteiger partial charge in [0.05, 0.1) is 19.8 Å². The van der Waals surface area contributed by atoms with E-state index in [1.165, 1.54) is 0 Å². The number of carbonyl (C=O) groups is 1. The molecular formula is C22H26ClNO4. The average molecular weight is 404 g/mol. The number of methoxy groups -OCH3 is 2. The second-order valence-corrected chi connectivity index (χ2v) is 7.36. The third kappa shape index (κ3) is 4.78. The summed E-state index contributed by atoms with van der Waals surface area (Å²) in [5, 5.41) is 3.83. The number of ether oxygens (including phenoxy) is 3. The molecule has 5 nitrogen and oxygen atoms in total. The van der Waals surface area contributed by atoms with E-state index >= 15 is 0 Å². The minimum Gasteiger partial charge on any atom is -0.493 e. The molecule has 3 rings (SSSR count). The van der Waals surface area contributed by atoms with Crippen LogP contribution >= 0.6 is 11.6 Å². The first-order chi connectivity index (χ1) is 13.5. The third-order valence-electron chi connectivity index (χ3n) is 5.02. The highest BCUT2D eigenvalue weighted by atomic mass is 35.5. The van der Waals surface area contributed by atoms with Crippen LogP contribution in [0.3, 0.4) is 0 Å². The number of benzene rings is 2. The summed E-state index contributed by atoms with van der Waals surface area (Å²) in [6.07, 6.45) is 0.831. The average Bonchev–Trinajstić information content (AvgIpc) is 3.49. The van der Waals surface area contributed by atoms with Crippen molar-refractivity contribution in [3.05, 3.63) is 58.6 Å². The van der Waals surface area contributed by atoms with Gasteiger partial charge in [-0.25, -0.2) is 0 Å². The highest BCUT2D eigenvalue weighted by Gasteiger charge is 2.45. The van der Waals surface area contributed by atoms with Crippen molar-refractivity contribution in [3.63, 3.8) is 0 Å². The molecular weight excluding hydrogens is 378 g/mol. The van der Waals surface area contributed by atoms with Gasteiger partial charge in [0.25, 0.3) is 0 Å². The van der Waals surface area contributed by atoms with E-state index in [2.05, 4.69) is 5.32 Å². The number of carbonyl (C=O) groups excluding carboxylic acids is 1. The lowest BCUT2D eigenvalue weighted by Crippen LogP contribution is -2.28. The quantitative estimate of drug-likeness (QED) is 0.632. The zero-order valence-electron chi connectivity index (χ0n) is 16.4. The summed E-state index contributed by atoms with van der Waals surface area (Å²) in [4.78, 5) is 12.7. The standard InChI is InChI=1S/C22H26ClNO4/c1-14(15-8-9-20(21(12-15)27-3)28-11-10-26-2)24-22(25)18-13-17(18)16-6-4-5-7-19(16)23/h4-9,12,14,17-18H,10-11,13H2,1-3H3,(H,24,25). The summed E-state index contributed by atoms with van der Waals surface area (Å²) in [6, 6.07) is 13.3. The second-order valence-electron chi connectivity index (χ2n) is 6.95. The molecule has 0 spiro atoms. The molecule has 0 aromatic heterocycles. The molecule has 1 saturated carbocycles. The Labute approximate surface area is 170 Å². The summed E-state index contributed by atoms with van der Waals surface area (Å²) in [5.74, 6) is 1.52. The summed E-state index contributed by atoms with van der Waals surface area (Å²) < 4.78 is 16.1. The van der Waals surface area contributed by atoms with Gasteiger partial charge in [-0.15, -0.1) is 0 Å². The van der Waals surface area contributed by atoms with Crippen molar-refractivity contribution in [2.45, 2.75) is 25.3 Å². The van der Waals surface area contributed by atoms with Gasteiger partial charge >= 0.3 is 0 Å².